The summed E-state index contributed by atoms with van der Waals surface area (Å²) in [5, 5.41) is 11.0. The van der Waals surface area contributed by atoms with E-state index in [0.717, 1.165) is 14.2 Å². The van der Waals surface area contributed by atoms with Gasteiger partial charge in [0.15, 0.2) is 11.5 Å². The van der Waals surface area contributed by atoms with Crippen molar-refractivity contribution in [2.75, 3.05) is 21.3 Å². The third-order valence-corrected chi connectivity index (χ3v) is 7.95. The van der Waals surface area contributed by atoms with E-state index in [-0.39, 0.29) is 29.9 Å². The first kappa shape index (κ1) is 24.5. The molecular weight excluding hydrogens is 488 g/mol. The molecular formula is C25H24N2O10. The molecule has 0 radical (unpaired) electrons. The normalized spacial score (nSPS) is 30.4. The van der Waals surface area contributed by atoms with Crippen molar-refractivity contribution >= 4 is 35.8 Å². The standard InChI is InChI=1S/C25H24N2O10/c1-35-15-6-4-5-11(19(15)28)16-10-7-8-12-17(22(31)26(20(12)29)24(33)36-2)13(10)9-14-18(16)23(32)27(21(14)30)25(34)37-3/h4-7,12-14,16-18,28H,8-9H2,1-3H3. The first-order valence-electron chi connectivity index (χ1n) is 11.6. The van der Waals surface area contributed by atoms with Crippen molar-refractivity contribution in [1.29, 1.82) is 0 Å². The fourth-order valence-corrected chi connectivity index (χ4v) is 6.43. The predicted octanol–water partition coefficient (Wildman–Crippen LogP) is 1.57. The van der Waals surface area contributed by atoms with Gasteiger partial charge in [0, 0.05) is 11.5 Å². The van der Waals surface area contributed by atoms with E-state index in [1.54, 1.807) is 18.2 Å². The fraction of sp³-hybridized carbons (Fsp3) is 0.440. The monoisotopic (exact) mass is 512 g/mol. The molecule has 2 aliphatic carbocycles. The van der Waals surface area contributed by atoms with Gasteiger partial charge in [0.25, 0.3) is 0 Å². The smallest absolute Gasteiger partial charge is 0.423 e. The van der Waals surface area contributed by atoms with E-state index in [0.29, 0.717) is 15.4 Å². The number of carbonyl (C=O) groups excluding carboxylic acids is 6. The van der Waals surface area contributed by atoms with Gasteiger partial charge in [-0.25, -0.2) is 9.59 Å². The van der Waals surface area contributed by atoms with Crippen LogP contribution in [0.15, 0.2) is 29.8 Å². The van der Waals surface area contributed by atoms with Gasteiger partial charge in [-0.15, -0.1) is 0 Å². The van der Waals surface area contributed by atoms with Crippen LogP contribution in [0, 0.1) is 29.6 Å². The molecule has 2 aliphatic heterocycles. The number of rotatable bonds is 2. The average molecular weight is 512 g/mol. The van der Waals surface area contributed by atoms with Crippen LogP contribution in [0.1, 0.15) is 24.3 Å². The molecule has 5 rings (SSSR count). The summed E-state index contributed by atoms with van der Waals surface area (Å²) in [6, 6.07) is 4.72. The molecule has 1 N–H and O–H groups in total. The third-order valence-electron chi connectivity index (χ3n) is 7.95. The summed E-state index contributed by atoms with van der Waals surface area (Å²) in [6.45, 7) is 0. The number of carbonyl (C=O) groups is 6. The van der Waals surface area contributed by atoms with E-state index in [2.05, 4.69) is 9.47 Å². The van der Waals surface area contributed by atoms with Crippen molar-refractivity contribution in [3.05, 3.63) is 35.4 Å². The number of nitrogens with zero attached hydrogens (tertiary/aromatic N) is 2. The van der Waals surface area contributed by atoms with E-state index in [9.17, 15) is 33.9 Å². The quantitative estimate of drug-likeness (QED) is 0.456. The molecule has 0 spiro atoms. The largest absolute Gasteiger partial charge is 0.504 e. The highest BCUT2D eigenvalue weighted by atomic mass is 16.5. The van der Waals surface area contributed by atoms with Gasteiger partial charge in [0.2, 0.25) is 23.6 Å². The molecule has 6 atom stereocenters. The summed E-state index contributed by atoms with van der Waals surface area (Å²) in [5.41, 5.74) is 0.852. The van der Waals surface area contributed by atoms with Crippen LogP contribution in [-0.2, 0) is 28.7 Å². The van der Waals surface area contributed by atoms with Crippen molar-refractivity contribution in [3.8, 4) is 11.5 Å². The van der Waals surface area contributed by atoms with E-state index in [4.69, 9.17) is 4.74 Å². The minimum Gasteiger partial charge on any atom is -0.504 e. The molecule has 37 heavy (non-hydrogen) atoms. The number of benzene rings is 1. The molecule has 12 heteroatoms. The van der Waals surface area contributed by atoms with Gasteiger partial charge < -0.3 is 19.3 Å². The number of phenols is 1. The second-order valence-electron chi connectivity index (χ2n) is 9.39. The number of phenolic OH excluding ortho intramolecular Hbond substituents is 1. The first-order valence-corrected chi connectivity index (χ1v) is 11.6. The summed E-state index contributed by atoms with van der Waals surface area (Å²) in [5.74, 6) is -8.63. The number of imide groups is 6. The molecule has 0 aromatic heterocycles. The maximum atomic E-state index is 13.5. The van der Waals surface area contributed by atoms with E-state index < -0.39 is 71.3 Å². The molecule has 3 fully saturated rings. The number of hydrogen-bond donors (Lipinski definition) is 1. The van der Waals surface area contributed by atoms with Gasteiger partial charge in [-0.05, 0) is 24.8 Å². The van der Waals surface area contributed by atoms with Crippen LogP contribution in [0.2, 0.25) is 0 Å². The number of allylic oxidation sites excluding steroid dienone is 2. The summed E-state index contributed by atoms with van der Waals surface area (Å²) in [4.78, 5) is 78.6. The third kappa shape index (κ3) is 3.27. The number of methoxy groups -OCH3 is 3. The maximum Gasteiger partial charge on any atom is 0.423 e. The number of amides is 6. The Morgan fingerprint density at radius 3 is 2.03 bits per heavy atom. The fourth-order valence-electron chi connectivity index (χ4n) is 6.43. The van der Waals surface area contributed by atoms with Crippen molar-refractivity contribution in [1.82, 2.24) is 9.80 Å². The second-order valence-corrected chi connectivity index (χ2v) is 9.39. The highest BCUT2D eigenvalue weighted by Crippen LogP contribution is 2.59. The van der Waals surface area contributed by atoms with E-state index in [1.165, 1.54) is 13.2 Å². The van der Waals surface area contributed by atoms with Crippen molar-refractivity contribution in [3.63, 3.8) is 0 Å². The molecule has 1 aromatic rings. The lowest BCUT2D eigenvalue weighted by molar-refractivity contribution is -0.139. The molecule has 1 saturated carbocycles. The summed E-state index contributed by atoms with van der Waals surface area (Å²) >= 11 is 0. The highest BCUT2D eigenvalue weighted by Gasteiger charge is 2.64. The van der Waals surface area contributed by atoms with Crippen LogP contribution in [0.4, 0.5) is 9.59 Å². The van der Waals surface area contributed by atoms with Gasteiger partial charge in [0.05, 0.1) is 45.0 Å². The summed E-state index contributed by atoms with van der Waals surface area (Å²) < 4.78 is 14.5. The van der Waals surface area contributed by atoms with Gasteiger partial charge in [-0.3, -0.25) is 19.2 Å². The Balaban J connectivity index is 1.67. The summed E-state index contributed by atoms with van der Waals surface area (Å²) in [7, 11) is 3.47. The Morgan fingerprint density at radius 1 is 0.838 bits per heavy atom. The number of likely N-dealkylation sites (tertiary alicyclic amines) is 2. The van der Waals surface area contributed by atoms with Crippen LogP contribution in [0.5, 0.6) is 11.5 Å². The van der Waals surface area contributed by atoms with Crippen molar-refractivity contribution in [2.24, 2.45) is 29.6 Å². The molecule has 12 nitrogen and oxygen atoms in total. The summed E-state index contributed by atoms with van der Waals surface area (Å²) in [6.07, 6.45) is -0.389. The van der Waals surface area contributed by atoms with Gasteiger partial charge in [-0.1, -0.05) is 23.8 Å². The topological polar surface area (TPSA) is 157 Å². The Labute approximate surface area is 210 Å². The highest BCUT2D eigenvalue weighted by molar-refractivity contribution is 6.17. The Bertz CT molecular complexity index is 1290. The van der Waals surface area contributed by atoms with Crippen LogP contribution < -0.4 is 4.74 Å². The van der Waals surface area contributed by atoms with Gasteiger partial charge >= 0.3 is 12.2 Å². The van der Waals surface area contributed by atoms with Crippen molar-refractivity contribution < 1.29 is 48.1 Å². The zero-order chi connectivity index (χ0) is 26.8. The van der Waals surface area contributed by atoms with E-state index in [1.807, 2.05) is 0 Å². The lowest BCUT2D eigenvalue weighted by atomic mass is 9.57. The molecule has 2 heterocycles. The zero-order valence-electron chi connectivity index (χ0n) is 20.2. The predicted molar refractivity (Wildman–Crippen MR) is 121 cm³/mol. The van der Waals surface area contributed by atoms with Gasteiger partial charge in [0.1, 0.15) is 0 Å². The lowest BCUT2D eigenvalue weighted by Crippen LogP contribution is -2.43. The number of para-hydroxylation sites is 1. The van der Waals surface area contributed by atoms with Crippen molar-refractivity contribution in [2.45, 2.75) is 18.8 Å². The SMILES string of the molecule is COC(=O)N1C(=O)C2CC=C3C(CC4C(=O)N(C(=O)OC)C(=O)C4C3c3cccc(OC)c3O)C2C1=O. The number of ether oxygens (including phenoxy) is 3. The van der Waals surface area contributed by atoms with Gasteiger partial charge in [-0.2, -0.15) is 9.80 Å². The zero-order valence-corrected chi connectivity index (χ0v) is 20.2. The number of fused-ring (bicyclic) bond motifs is 4. The minimum atomic E-state index is -1.13. The Morgan fingerprint density at radius 2 is 1.43 bits per heavy atom. The van der Waals surface area contributed by atoms with Crippen LogP contribution >= 0.6 is 0 Å². The number of aromatic hydroxyl groups is 1. The van der Waals surface area contributed by atoms with Crippen LogP contribution in [0.25, 0.3) is 0 Å². The van der Waals surface area contributed by atoms with Crippen LogP contribution in [-0.4, -0.2) is 72.1 Å². The molecule has 6 amide bonds. The average Bonchev–Trinajstić information content (AvgIpc) is 3.30. The molecule has 2 saturated heterocycles. The first-order chi connectivity index (χ1) is 17.7. The Kier molecular flexibility index (Phi) is 5.76. The molecule has 194 valence electrons. The second kappa shape index (κ2) is 8.71. The minimum absolute atomic E-state index is 0.00893. The Hall–Kier alpha value is -4.22. The lowest BCUT2D eigenvalue weighted by Gasteiger charge is -2.44. The molecule has 0 bridgehead atoms. The number of hydrogen-bond acceptors (Lipinski definition) is 10. The van der Waals surface area contributed by atoms with E-state index >= 15 is 0 Å². The maximum absolute atomic E-state index is 13.5. The molecule has 6 unspecified atom stereocenters. The molecule has 4 aliphatic rings. The van der Waals surface area contributed by atoms with Crippen LogP contribution in [0.3, 0.4) is 0 Å². The molecule has 1 aromatic carbocycles.